The van der Waals surface area contributed by atoms with E-state index in [9.17, 15) is 9.59 Å². The number of ketones is 1. The summed E-state index contributed by atoms with van der Waals surface area (Å²) >= 11 is 0. The van der Waals surface area contributed by atoms with E-state index in [2.05, 4.69) is 10.3 Å². The summed E-state index contributed by atoms with van der Waals surface area (Å²) in [7, 11) is 0. The Balaban J connectivity index is 1.86. The largest absolute Gasteiger partial charge is 0.325 e. The Kier molecular flexibility index (Phi) is 5.68. The third kappa shape index (κ3) is 4.51. The highest BCUT2D eigenvalue weighted by Gasteiger charge is 2.26. The second-order valence-electron chi connectivity index (χ2n) is 5.68. The van der Waals surface area contributed by atoms with Gasteiger partial charge in [0.1, 0.15) is 5.92 Å². The molecule has 1 atom stereocenters. The van der Waals surface area contributed by atoms with Crippen molar-refractivity contribution in [3.8, 4) is 0 Å². The predicted molar refractivity (Wildman–Crippen MR) is 104 cm³/mol. The van der Waals surface area contributed by atoms with E-state index in [1.165, 1.54) is 6.21 Å². The predicted octanol–water partition coefficient (Wildman–Crippen LogP) is 4.53. The van der Waals surface area contributed by atoms with Crippen LogP contribution in [0.15, 0.2) is 96.0 Å². The quantitative estimate of drug-likeness (QED) is 0.406. The molecular formula is C22H18N2O2. The lowest BCUT2D eigenvalue weighted by atomic mass is 9.97. The van der Waals surface area contributed by atoms with E-state index in [1.54, 1.807) is 36.4 Å². The summed E-state index contributed by atoms with van der Waals surface area (Å²) in [5.74, 6) is -1.72. The number of nitrogens with zero attached hydrogens (tertiary/aromatic N) is 1. The van der Waals surface area contributed by atoms with Crippen LogP contribution in [0.5, 0.6) is 0 Å². The molecule has 0 aliphatic rings. The molecular weight excluding hydrogens is 324 g/mol. The van der Waals surface area contributed by atoms with Crippen molar-refractivity contribution in [2.45, 2.75) is 0 Å². The van der Waals surface area contributed by atoms with Crippen molar-refractivity contribution >= 4 is 29.3 Å². The van der Waals surface area contributed by atoms with Crippen LogP contribution in [0.4, 0.5) is 11.4 Å². The van der Waals surface area contributed by atoms with Crippen LogP contribution >= 0.6 is 0 Å². The third-order valence-corrected chi connectivity index (χ3v) is 3.79. The van der Waals surface area contributed by atoms with E-state index >= 15 is 0 Å². The number of Topliss-reactive ketones (excluding diaryl/α,β-unsaturated/α-hetero) is 1. The number of aliphatic imine (C=N–C) groups is 1. The minimum atomic E-state index is -1.02. The van der Waals surface area contributed by atoms with Gasteiger partial charge in [-0.05, 0) is 24.3 Å². The number of hydrogen-bond acceptors (Lipinski definition) is 3. The topological polar surface area (TPSA) is 58.5 Å². The zero-order valence-electron chi connectivity index (χ0n) is 14.1. The van der Waals surface area contributed by atoms with Crippen molar-refractivity contribution in [2.75, 3.05) is 5.32 Å². The van der Waals surface area contributed by atoms with Gasteiger partial charge in [0.2, 0.25) is 5.91 Å². The molecule has 0 spiro atoms. The van der Waals surface area contributed by atoms with Gasteiger partial charge in [-0.2, -0.15) is 0 Å². The molecule has 3 aromatic carbocycles. The molecule has 3 aromatic rings. The summed E-state index contributed by atoms with van der Waals surface area (Å²) in [4.78, 5) is 29.9. The van der Waals surface area contributed by atoms with E-state index in [4.69, 9.17) is 0 Å². The maximum absolute atomic E-state index is 12.8. The maximum atomic E-state index is 12.8. The standard InChI is InChI=1S/C22H18N2O2/c25-21(17-10-4-1-5-11-17)20(16-23-18-12-6-2-7-13-18)22(26)24-19-14-8-3-9-15-19/h1-16,20H,(H,24,26). The van der Waals surface area contributed by atoms with Crippen molar-refractivity contribution in [1.82, 2.24) is 0 Å². The second kappa shape index (κ2) is 8.53. The highest BCUT2D eigenvalue weighted by Crippen LogP contribution is 2.15. The van der Waals surface area contributed by atoms with Crippen LogP contribution in [0.25, 0.3) is 0 Å². The van der Waals surface area contributed by atoms with Gasteiger partial charge in [-0.1, -0.05) is 66.7 Å². The number of nitrogens with one attached hydrogen (secondary N) is 1. The summed E-state index contributed by atoms with van der Waals surface area (Å²) < 4.78 is 0. The van der Waals surface area contributed by atoms with Crippen molar-refractivity contribution in [3.05, 3.63) is 96.6 Å². The molecule has 0 heterocycles. The first-order valence-electron chi connectivity index (χ1n) is 8.28. The summed E-state index contributed by atoms with van der Waals surface area (Å²) in [6, 6.07) is 27.0. The summed E-state index contributed by atoms with van der Waals surface area (Å²) in [6.45, 7) is 0. The number of para-hydroxylation sites is 2. The summed E-state index contributed by atoms with van der Waals surface area (Å²) in [6.07, 6.45) is 1.41. The first-order valence-corrected chi connectivity index (χ1v) is 8.28. The van der Waals surface area contributed by atoms with Crippen LogP contribution in [0.1, 0.15) is 10.4 Å². The van der Waals surface area contributed by atoms with Crippen LogP contribution in [0.3, 0.4) is 0 Å². The Morgan fingerprint density at radius 2 is 1.31 bits per heavy atom. The number of hydrogen-bond donors (Lipinski definition) is 1. The number of amides is 1. The minimum absolute atomic E-state index is 0.293. The van der Waals surface area contributed by atoms with Gasteiger partial charge >= 0.3 is 0 Å². The first-order chi connectivity index (χ1) is 12.7. The van der Waals surface area contributed by atoms with Crippen molar-refractivity contribution < 1.29 is 9.59 Å². The molecule has 0 aliphatic heterocycles. The number of carbonyl (C=O) groups excluding carboxylic acids is 2. The molecule has 3 rings (SSSR count). The van der Waals surface area contributed by atoms with Crippen LogP contribution in [-0.2, 0) is 4.79 Å². The number of anilines is 1. The summed E-state index contributed by atoms with van der Waals surface area (Å²) in [5, 5.41) is 2.78. The minimum Gasteiger partial charge on any atom is -0.325 e. The van der Waals surface area contributed by atoms with Gasteiger partial charge in [-0.3, -0.25) is 14.6 Å². The molecule has 1 amide bonds. The average molecular weight is 342 g/mol. The fourth-order valence-electron chi connectivity index (χ4n) is 2.45. The van der Waals surface area contributed by atoms with Crippen LogP contribution < -0.4 is 5.32 Å². The Bertz CT molecular complexity index is 891. The molecule has 0 aliphatic carbocycles. The van der Waals surface area contributed by atoms with Gasteiger partial charge < -0.3 is 5.32 Å². The van der Waals surface area contributed by atoms with E-state index < -0.39 is 11.8 Å². The smallest absolute Gasteiger partial charge is 0.240 e. The highest BCUT2D eigenvalue weighted by molar-refractivity contribution is 6.22. The van der Waals surface area contributed by atoms with Crippen molar-refractivity contribution in [1.29, 1.82) is 0 Å². The van der Waals surface area contributed by atoms with E-state index in [1.807, 2.05) is 54.6 Å². The number of benzene rings is 3. The SMILES string of the molecule is O=C(Nc1ccccc1)C(C=Nc1ccccc1)C(=O)c1ccccc1. The maximum Gasteiger partial charge on any atom is 0.240 e. The van der Waals surface area contributed by atoms with Crippen molar-refractivity contribution in [3.63, 3.8) is 0 Å². The highest BCUT2D eigenvalue weighted by atomic mass is 16.2. The van der Waals surface area contributed by atoms with Gasteiger partial charge in [0, 0.05) is 17.5 Å². The summed E-state index contributed by atoms with van der Waals surface area (Å²) in [5.41, 5.74) is 1.79. The normalized spacial score (nSPS) is 11.8. The average Bonchev–Trinajstić information content (AvgIpc) is 2.70. The molecule has 0 saturated heterocycles. The van der Waals surface area contributed by atoms with Gasteiger partial charge in [0.15, 0.2) is 5.78 Å². The molecule has 26 heavy (non-hydrogen) atoms. The van der Waals surface area contributed by atoms with E-state index in [-0.39, 0.29) is 5.78 Å². The van der Waals surface area contributed by atoms with Gasteiger partial charge in [-0.25, -0.2) is 0 Å². The number of carbonyl (C=O) groups is 2. The molecule has 1 N–H and O–H groups in total. The molecule has 0 aromatic heterocycles. The zero-order valence-corrected chi connectivity index (χ0v) is 14.1. The van der Waals surface area contributed by atoms with E-state index in [0.717, 1.165) is 0 Å². The fourth-order valence-corrected chi connectivity index (χ4v) is 2.45. The Morgan fingerprint density at radius 3 is 1.92 bits per heavy atom. The Morgan fingerprint density at radius 1 is 0.769 bits per heavy atom. The monoisotopic (exact) mass is 342 g/mol. The van der Waals surface area contributed by atoms with Crippen LogP contribution in [-0.4, -0.2) is 17.9 Å². The third-order valence-electron chi connectivity index (χ3n) is 3.79. The molecule has 128 valence electrons. The van der Waals surface area contributed by atoms with Crippen molar-refractivity contribution in [2.24, 2.45) is 10.9 Å². The molecule has 0 radical (unpaired) electrons. The van der Waals surface area contributed by atoms with Gasteiger partial charge in [0.25, 0.3) is 0 Å². The molecule has 0 bridgehead atoms. The van der Waals surface area contributed by atoms with E-state index in [0.29, 0.717) is 16.9 Å². The molecule has 4 nitrogen and oxygen atoms in total. The lowest BCUT2D eigenvalue weighted by Gasteiger charge is -2.12. The molecule has 1 unspecified atom stereocenters. The van der Waals surface area contributed by atoms with Crippen LogP contribution in [0.2, 0.25) is 0 Å². The Labute approximate surface area is 152 Å². The van der Waals surface area contributed by atoms with Gasteiger partial charge in [0.05, 0.1) is 5.69 Å². The molecule has 0 saturated carbocycles. The lowest BCUT2D eigenvalue weighted by molar-refractivity contribution is -0.116. The fraction of sp³-hybridized carbons (Fsp3) is 0.0455. The zero-order chi connectivity index (χ0) is 18.2. The Hall–Kier alpha value is -3.53. The first kappa shape index (κ1) is 17.3. The number of rotatable bonds is 6. The second-order valence-corrected chi connectivity index (χ2v) is 5.68. The molecule has 0 fully saturated rings. The lowest BCUT2D eigenvalue weighted by Crippen LogP contribution is -2.31. The van der Waals surface area contributed by atoms with Gasteiger partial charge in [-0.15, -0.1) is 0 Å². The van der Waals surface area contributed by atoms with Crippen LogP contribution in [0, 0.1) is 5.92 Å². The molecule has 4 heteroatoms.